The molecule has 70 valence electrons. The molecule has 12 heavy (non-hydrogen) atoms. The molecule has 0 spiro atoms. The maximum Gasteiger partial charge on any atom is 0.320 e. The zero-order chi connectivity index (χ0) is 9.14. The number of carbonyl (C=O) groups is 1. The first-order valence-corrected chi connectivity index (χ1v) is 3.86. The fourth-order valence-electron chi connectivity index (χ4n) is 1.09. The minimum absolute atomic E-state index is 0.254. The van der Waals surface area contributed by atoms with Crippen molar-refractivity contribution in [1.82, 2.24) is 5.32 Å². The van der Waals surface area contributed by atoms with Crippen LogP contribution in [-0.2, 0) is 9.53 Å². The molecular weight excluding hydrogens is 162 g/mol. The van der Waals surface area contributed by atoms with Crippen molar-refractivity contribution in [3.63, 3.8) is 0 Å². The molecule has 1 rings (SSSR count). The van der Waals surface area contributed by atoms with Gasteiger partial charge in [0.25, 0.3) is 0 Å². The molecule has 0 aliphatic carbocycles. The van der Waals surface area contributed by atoms with E-state index in [0.717, 1.165) is 0 Å². The van der Waals surface area contributed by atoms with Crippen LogP contribution >= 0.6 is 0 Å². The van der Waals surface area contributed by atoms with Crippen molar-refractivity contribution in [3.05, 3.63) is 0 Å². The maximum atomic E-state index is 10.4. The third-order valence-corrected chi connectivity index (χ3v) is 1.88. The number of hydrogen-bond acceptors (Lipinski definition) is 4. The Kier molecular flexibility index (Phi) is 3.02. The monoisotopic (exact) mass is 175 g/mol. The van der Waals surface area contributed by atoms with Crippen molar-refractivity contribution in [1.29, 1.82) is 0 Å². The molecule has 0 aromatic carbocycles. The molecule has 0 aromatic rings. The Labute approximate surface area is 70.3 Å². The highest BCUT2D eigenvalue weighted by Gasteiger charge is 2.28. The summed E-state index contributed by atoms with van der Waals surface area (Å²) >= 11 is 0. The minimum Gasteiger partial charge on any atom is -0.480 e. The largest absolute Gasteiger partial charge is 0.480 e. The van der Waals surface area contributed by atoms with Crippen LogP contribution in [0.1, 0.15) is 6.92 Å². The van der Waals surface area contributed by atoms with Crippen molar-refractivity contribution >= 4 is 5.97 Å². The van der Waals surface area contributed by atoms with Crippen molar-refractivity contribution in [3.8, 4) is 0 Å². The second kappa shape index (κ2) is 3.84. The van der Waals surface area contributed by atoms with E-state index in [2.05, 4.69) is 5.32 Å². The molecule has 1 aliphatic heterocycles. The summed E-state index contributed by atoms with van der Waals surface area (Å²) in [5, 5.41) is 20.5. The zero-order valence-corrected chi connectivity index (χ0v) is 6.86. The van der Waals surface area contributed by atoms with Crippen molar-refractivity contribution < 1.29 is 19.7 Å². The lowest BCUT2D eigenvalue weighted by Gasteiger charge is -2.17. The van der Waals surface area contributed by atoms with Crippen LogP contribution in [0, 0.1) is 0 Å². The van der Waals surface area contributed by atoms with Gasteiger partial charge in [-0.15, -0.1) is 0 Å². The van der Waals surface area contributed by atoms with E-state index in [9.17, 15) is 9.90 Å². The van der Waals surface area contributed by atoms with Gasteiger partial charge in [-0.25, -0.2) is 0 Å². The molecule has 1 saturated heterocycles. The molecular formula is C7H13NO4. The molecule has 1 fully saturated rings. The van der Waals surface area contributed by atoms with Gasteiger partial charge in [0.15, 0.2) is 0 Å². The van der Waals surface area contributed by atoms with Crippen molar-refractivity contribution in [2.24, 2.45) is 0 Å². The number of ether oxygens (including phenoxy) is 1. The Morgan fingerprint density at radius 2 is 2.33 bits per heavy atom. The molecule has 1 heterocycles. The smallest absolute Gasteiger partial charge is 0.320 e. The SMILES string of the molecule is CC(NC1COCC1O)C(=O)O. The van der Waals surface area contributed by atoms with E-state index in [1.165, 1.54) is 6.92 Å². The lowest BCUT2D eigenvalue weighted by atomic mass is 10.2. The molecule has 5 heteroatoms. The van der Waals surface area contributed by atoms with Gasteiger partial charge < -0.3 is 14.9 Å². The number of rotatable bonds is 3. The van der Waals surface area contributed by atoms with E-state index in [1.807, 2.05) is 0 Å². The Balaban J connectivity index is 2.35. The van der Waals surface area contributed by atoms with Gasteiger partial charge in [0.05, 0.1) is 25.4 Å². The summed E-state index contributed by atoms with van der Waals surface area (Å²) in [6, 6.07) is -0.901. The number of aliphatic hydroxyl groups is 1. The van der Waals surface area contributed by atoms with E-state index >= 15 is 0 Å². The molecule has 1 aliphatic rings. The fourth-order valence-corrected chi connectivity index (χ4v) is 1.09. The highest BCUT2D eigenvalue weighted by molar-refractivity contribution is 5.72. The van der Waals surface area contributed by atoms with Crippen LogP contribution in [0.25, 0.3) is 0 Å². The average Bonchev–Trinajstić information content (AvgIpc) is 2.36. The Morgan fingerprint density at radius 1 is 1.67 bits per heavy atom. The molecule has 3 N–H and O–H groups in total. The number of carboxylic acid groups (broad SMARTS) is 1. The van der Waals surface area contributed by atoms with E-state index < -0.39 is 18.1 Å². The highest BCUT2D eigenvalue weighted by Crippen LogP contribution is 2.05. The summed E-state index contributed by atoms with van der Waals surface area (Å²) in [7, 11) is 0. The van der Waals surface area contributed by atoms with Crippen LogP contribution in [0.4, 0.5) is 0 Å². The first kappa shape index (κ1) is 9.44. The second-order valence-electron chi connectivity index (χ2n) is 2.94. The zero-order valence-electron chi connectivity index (χ0n) is 6.86. The topological polar surface area (TPSA) is 78.8 Å². The van der Waals surface area contributed by atoms with Crippen LogP contribution in [0.15, 0.2) is 0 Å². The molecule has 3 unspecified atom stereocenters. The quantitative estimate of drug-likeness (QED) is 0.502. The van der Waals surface area contributed by atoms with Gasteiger partial charge in [-0.2, -0.15) is 0 Å². The summed E-state index contributed by atoms with van der Waals surface area (Å²) in [5.41, 5.74) is 0. The van der Waals surface area contributed by atoms with Gasteiger partial charge in [0.1, 0.15) is 6.04 Å². The molecule has 0 amide bonds. The first-order valence-electron chi connectivity index (χ1n) is 3.86. The molecule has 0 aromatic heterocycles. The molecule has 0 radical (unpaired) electrons. The van der Waals surface area contributed by atoms with Gasteiger partial charge in [0, 0.05) is 0 Å². The summed E-state index contributed by atoms with van der Waals surface area (Å²) in [6.07, 6.45) is -0.591. The minimum atomic E-state index is -0.922. The standard InChI is InChI=1S/C7H13NO4/c1-4(7(10)11)8-5-2-12-3-6(5)9/h4-6,8-9H,2-3H2,1H3,(H,10,11). The van der Waals surface area contributed by atoms with Gasteiger partial charge in [-0.05, 0) is 6.92 Å². The Bertz CT molecular complexity index is 173. The molecule has 5 nitrogen and oxygen atoms in total. The first-order chi connectivity index (χ1) is 5.61. The summed E-state index contributed by atoms with van der Waals surface area (Å²) in [6.45, 7) is 2.19. The van der Waals surface area contributed by atoms with Crippen LogP contribution < -0.4 is 5.32 Å². The van der Waals surface area contributed by atoms with E-state index in [4.69, 9.17) is 9.84 Å². The number of carboxylic acids is 1. The highest BCUT2D eigenvalue weighted by atomic mass is 16.5. The number of hydrogen-bond donors (Lipinski definition) is 3. The normalized spacial score (nSPS) is 31.8. The van der Waals surface area contributed by atoms with E-state index in [1.54, 1.807) is 0 Å². The van der Waals surface area contributed by atoms with Gasteiger partial charge in [-0.3, -0.25) is 10.1 Å². The van der Waals surface area contributed by atoms with Crippen LogP contribution in [0.3, 0.4) is 0 Å². The van der Waals surface area contributed by atoms with Crippen molar-refractivity contribution in [2.75, 3.05) is 13.2 Å². The predicted molar refractivity (Wildman–Crippen MR) is 40.8 cm³/mol. The lowest BCUT2D eigenvalue weighted by molar-refractivity contribution is -0.139. The number of aliphatic hydroxyl groups excluding tert-OH is 1. The van der Waals surface area contributed by atoms with Crippen LogP contribution in [-0.4, -0.2) is 47.6 Å². The summed E-state index contributed by atoms with van der Waals surface area (Å²) in [4.78, 5) is 10.4. The lowest BCUT2D eigenvalue weighted by Crippen LogP contribution is -2.46. The van der Waals surface area contributed by atoms with Gasteiger partial charge >= 0.3 is 5.97 Å². The average molecular weight is 175 g/mol. The number of nitrogens with one attached hydrogen (secondary N) is 1. The van der Waals surface area contributed by atoms with Crippen molar-refractivity contribution in [2.45, 2.75) is 25.1 Å². The van der Waals surface area contributed by atoms with Gasteiger partial charge in [0.2, 0.25) is 0 Å². The summed E-state index contributed by atoms with van der Waals surface area (Å²) in [5.74, 6) is -0.922. The Hall–Kier alpha value is -0.650. The molecule has 0 bridgehead atoms. The van der Waals surface area contributed by atoms with E-state index in [-0.39, 0.29) is 12.6 Å². The van der Waals surface area contributed by atoms with E-state index in [0.29, 0.717) is 6.61 Å². The predicted octanol–water partition coefficient (Wildman–Crippen LogP) is -1.19. The molecule has 3 atom stereocenters. The fraction of sp³-hybridized carbons (Fsp3) is 0.857. The third-order valence-electron chi connectivity index (χ3n) is 1.88. The maximum absolute atomic E-state index is 10.4. The number of aliphatic carboxylic acids is 1. The van der Waals surface area contributed by atoms with Crippen LogP contribution in [0.5, 0.6) is 0 Å². The molecule has 0 saturated carbocycles. The third kappa shape index (κ3) is 2.17. The second-order valence-corrected chi connectivity index (χ2v) is 2.94. The Morgan fingerprint density at radius 3 is 2.75 bits per heavy atom. The van der Waals surface area contributed by atoms with Gasteiger partial charge in [-0.1, -0.05) is 0 Å². The van der Waals surface area contributed by atoms with Crippen LogP contribution in [0.2, 0.25) is 0 Å². The summed E-state index contributed by atoms with van der Waals surface area (Å²) < 4.78 is 4.94.